The highest BCUT2D eigenvalue weighted by atomic mass is 32.1. The maximum atomic E-state index is 14.0. The van der Waals surface area contributed by atoms with E-state index < -0.39 is 38.8 Å². The van der Waals surface area contributed by atoms with Crippen LogP contribution in [0.25, 0.3) is 6.08 Å². The minimum absolute atomic E-state index is 0.0939. The number of carbonyl (C=O) groups is 1. The van der Waals surface area contributed by atoms with Gasteiger partial charge in [-0.25, -0.2) is 9.79 Å². The molecule has 0 saturated heterocycles. The molecule has 248 valence electrons. The van der Waals surface area contributed by atoms with Gasteiger partial charge in [0.05, 0.1) is 59.5 Å². The first-order valence-corrected chi connectivity index (χ1v) is 15.2. The summed E-state index contributed by atoms with van der Waals surface area (Å²) in [5.41, 5.74) is -0.248. The number of carbonyl (C=O) groups excluding carboxylic acids is 1. The number of nitrogens with zero attached hydrogens (tertiary/aromatic N) is 4. The molecule has 2 heterocycles. The van der Waals surface area contributed by atoms with E-state index in [1.807, 2.05) is 13.8 Å². The molecular weight excluding hydrogens is 648 g/mol. The molecule has 0 spiro atoms. The Bertz CT molecular complexity index is 2140. The quantitative estimate of drug-likeness (QED) is 0.117. The average molecular weight is 677 g/mol. The number of rotatable bonds is 12. The molecule has 48 heavy (non-hydrogen) atoms. The van der Waals surface area contributed by atoms with Crippen LogP contribution in [0.1, 0.15) is 31.0 Å². The lowest BCUT2D eigenvalue weighted by molar-refractivity contribution is -0.394. The van der Waals surface area contributed by atoms with Gasteiger partial charge in [0.1, 0.15) is 0 Å². The Balaban J connectivity index is 1.56. The number of esters is 1. The zero-order valence-corrected chi connectivity index (χ0v) is 26.8. The van der Waals surface area contributed by atoms with Gasteiger partial charge >= 0.3 is 11.7 Å². The molecule has 0 bridgehead atoms. The fourth-order valence-corrected chi connectivity index (χ4v) is 5.93. The molecule has 0 N–H and O–H groups in total. The van der Waals surface area contributed by atoms with Crippen LogP contribution in [0.2, 0.25) is 0 Å². The van der Waals surface area contributed by atoms with Crippen molar-refractivity contribution in [2.45, 2.75) is 19.9 Å². The molecule has 1 atom stereocenters. The van der Waals surface area contributed by atoms with Crippen molar-refractivity contribution in [3.05, 3.63) is 117 Å². The second-order valence-electron chi connectivity index (χ2n) is 9.93. The summed E-state index contributed by atoms with van der Waals surface area (Å²) in [5.74, 6) is 0.355. The molecule has 0 saturated carbocycles. The number of methoxy groups -OCH3 is 2. The molecule has 15 nitrogen and oxygen atoms in total. The zero-order valence-electron chi connectivity index (χ0n) is 26.0. The van der Waals surface area contributed by atoms with Gasteiger partial charge in [-0.2, -0.15) is 0 Å². The van der Waals surface area contributed by atoms with Gasteiger partial charge in [-0.3, -0.25) is 29.6 Å². The summed E-state index contributed by atoms with van der Waals surface area (Å²) < 4.78 is 29.4. The van der Waals surface area contributed by atoms with Crippen LogP contribution >= 0.6 is 11.3 Å². The Kier molecular flexibility index (Phi) is 9.84. The van der Waals surface area contributed by atoms with E-state index in [9.17, 15) is 29.8 Å². The van der Waals surface area contributed by atoms with Crippen LogP contribution in [0.15, 0.2) is 76.2 Å². The standard InChI is InChI=1S/C32H28N4O11S/c1-5-45-24-11-8-19(15-27(24)46-6-2)29-21(31(38)44-4)17-33-32-34(29)30(37)28(48-32)14-18-7-10-25(26(13-18)43-3)47-23-12-9-20(35(39)40)16-22(23)36(41)42/h7-17,29H,5-6H2,1-4H3/b28-14-/t29-/m1/s1. The Hall–Kier alpha value is -6.03. The highest BCUT2D eigenvalue weighted by Gasteiger charge is 2.31. The van der Waals surface area contributed by atoms with Crippen LogP contribution in [0.4, 0.5) is 11.4 Å². The van der Waals surface area contributed by atoms with E-state index in [1.165, 1.54) is 31.1 Å². The average Bonchev–Trinajstić information content (AvgIpc) is 3.39. The van der Waals surface area contributed by atoms with Crippen molar-refractivity contribution < 1.29 is 38.3 Å². The van der Waals surface area contributed by atoms with E-state index in [0.29, 0.717) is 40.6 Å². The predicted octanol–water partition coefficient (Wildman–Crippen LogP) is 4.43. The first-order valence-electron chi connectivity index (χ1n) is 14.4. The summed E-state index contributed by atoms with van der Waals surface area (Å²) in [6.07, 6.45) is 2.99. The smallest absolute Gasteiger partial charge is 0.337 e. The van der Waals surface area contributed by atoms with Crippen molar-refractivity contribution >= 4 is 34.8 Å². The van der Waals surface area contributed by atoms with Crippen molar-refractivity contribution in [3.8, 4) is 28.7 Å². The van der Waals surface area contributed by atoms with Crippen molar-refractivity contribution in [2.24, 2.45) is 4.99 Å². The Morgan fingerprint density at radius 1 is 0.917 bits per heavy atom. The van der Waals surface area contributed by atoms with Crippen LogP contribution < -0.4 is 33.8 Å². The Morgan fingerprint density at radius 2 is 1.62 bits per heavy atom. The minimum atomic E-state index is -0.881. The normalized spacial score (nSPS) is 13.9. The molecule has 3 aromatic carbocycles. The fraction of sp³-hybridized carbons (Fsp3) is 0.219. The molecule has 0 fully saturated rings. The number of hydrogen-bond donors (Lipinski definition) is 0. The third-order valence-electron chi connectivity index (χ3n) is 7.06. The second kappa shape index (κ2) is 14.2. The van der Waals surface area contributed by atoms with E-state index >= 15 is 0 Å². The molecular formula is C32H28N4O11S. The summed E-state index contributed by atoms with van der Waals surface area (Å²) in [4.78, 5) is 52.7. The lowest BCUT2D eigenvalue weighted by Gasteiger charge is -2.23. The van der Waals surface area contributed by atoms with Crippen LogP contribution in [-0.2, 0) is 9.53 Å². The number of hydrogen-bond acceptors (Lipinski definition) is 13. The number of nitro benzene ring substituents is 2. The van der Waals surface area contributed by atoms with Gasteiger partial charge in [-0.1, -0.05) is 23.5 Å². The largest absolute Gasteiger partial charge is 0.493 e. The maximum absolute atomic E-state index is 14.0. The first-order chi connectivity index (χ1) is 23.1. The van der Waals surface area contributed by atoms with Gasteiger partial charge < -0.3 is 23.7 Å². The third-order valence-corrected chi connectivity index (χ3v) is 8.06. The van der Waals surface area contributed by atoms with Crippen LogP contribution in [0.5, 0.6) is 28.7 Å². The lowest BCUT2D eigenvalue weighted by Crippen LogP contribution is -2.39. The topological polar surface area (TPSA) is 184 Å². The second-order valence-corrected chi connectivity index (χ2v) is 10.9. The monoisotopic (exact) mass is 676 g/mol. The number of aromatic nitrogens is 1. The number of ether oxygens (including phenoxy) is 5. The SMILES string of the molecule is CCOc1ccc([C@@H]2C(C(=O)OC)=CN=c3s/c(=C\c4ccc(Oc5ccc([N+](=O)[O-])cc5[N+](=O)[O-])c(OC)c4)c(=O)n32)cc1OCC. The van der Waals surface area contributed by atoms with E-state index in [-0.39, 0.29) is 27.4 Å². The molecule has 0 aliphatic carbocycles. The summed E-state index contributed by atoms with van der Waals surface area (Å²) in [7, 11) is 2.61. The molecule has 1 aromatic heterocycles. The number of fused-ring (bicyclic) bond motifs is 1. The van der Waals surface area contributed by atoms with E-state index in [2.05, 4.69) is 4.99 Å². The summed E-state index contributed by atoms with van der Waals surface area (Å²) in [5, 5.41) is 22.7. The molecule has 1 aliphatic rings. The summed E-state index contributed by atoms with van der Waals surface area (Å²) in [6.45, 7) is 4.46. The van der Waals surface area contributed by atoms with E-state index in [1.54, 1.807) is 36.4 Å². The maximum Gasteiger partial charge on any atom is 0.337 e. The Labute approximate surface area is 275 Å². The lowest BCUT2D eigenvalue weighted by atomic mass is 9.97. The van der Waals surface area contributed by atoms with Gasteiger partial charge in [-0.05, 0) is 61.4 Å². The van der Waals surface area contributed by atoms with Crippen molar-refractivity contribution in [1.29, 1.82) is 0 Å². The fourth-order valence-electron chi connectivity index (χ4n) is 4.96. The van der Waals surface area contributed by atoms with Crippen LogP contribution in [0, 0.1) is 20.2 Å². The van der Waals surface area contributed by atoms with E-state index in [0.717, 1.165) is 29.5 Å². The highest BCUT2D eigenvalue weighted by molar-refractivity contribution is 7.07. The van der Waals surface area contributed by atoms with Gasteiger partial charge in [-0.15, -0.1) is 0 Å². The third kappa shape index (κ3) is 6.59. The molecule has 16 heteroatoms. The summed E-state index contributed by atoms with van der Waals surface area (Å²) in [6, 6.07) is 12.0. The predicted molar refractivity (Wildman–Crippen MR) is 173 cm³/mol. The molecule has 4 aromatic rings. The number of thiazole rings is 1. The number of non-ortho nitro benzene ring substituents is 1. The Morgan fingerprint density at radius 3 is 2.29 bits per heavy atom. The van der Waals surface area contributed by atoms with Crippen molar-refractivity contribution in [2.75, 3.05) is 27.4 Å². The van der Waals surface area contributed by atoms with E-state index in [4.69, 9.17) is 23.7 Å². The minimum Gasteiger partial charge on any atom is -0.493 e. The molecule has 0 amide bonds. The molecule has 0 unspecified atom stereocenters. The number of benzene rings is 3. The van der Waals surface area contributed by atoms with Gasteiger partial charge in [0.25, 0.3) is 11.2 Å². The molecule has 5 rings (SSSR count). The molecule has 0 radical (unpaired) electrons. The van der Waals surface area contributed by atoms with Crippen LogP contribution in [0.3, 0.4) is 0 Å². The van der Waals surface area contributed by atoms with Crippen molar-refractivity contribution in [1.82, 2.24) is 4.57 Å². The number of nitro groups is 2. The van der Waals surface area contributed by atoms with Crippen LogP contribution in [-0.4, -0.2) is 47.8 Å². The van der Waals surface area contributed by atoms with Crippen molar-refractivity contribution in [3.63, 3.8) is 0 Å². The molecule has 1 aliphatic heterocycles. The van der Waals surface area contributed by atoms with Gasteiger partial charge in [0.15, 0.2) is 27.8 Å². The van der Waals surface area contributed by atoms with Gasteiger partial charge in [0, 0.05) is 12.3 Å². The van der Waals surface area contributed by atoms with Gasteiger partial charge in [0.2, 0.25) is 5.75 Å². The summed E-state index contributed by atoms with van der Waals surface area (Å²) >= 11 is 1.10. The first kappa shape index (κ1) is 33.3. The highest BCUT2D eigenvalue weighted by Crippen LogP contribution is 2.39. The zero-order chi connectivity index (χ0) is 34.5.